The first kappa shape index (κ1) is 14.9. The summed E-state index contributed by atoms with van der Waals surface area (Å²) in [4.78, 5) is 8.16. The summed E-state index contributed by atoms with van der Waals surface area (Å²) < 4.78 is 0. The van der Waals surface area contributed by atoms with Gasteiger partial charge in [0.1, 0.15) is 0 Å². The van der Waals surface area contributed by atoms with Gasteiger partial charge in [-0.25, -0.2) is 4.98 Å². The Balaban J connectivity index is 2.06. The van der Waals surface area contributed by atoms with Crippen molar-refractivity contribution >= 4 is 22.2 Å². The van der Waals surface area contributed by atoms with Crippen molar-refractivity contribution < 1.29 is 0 Å². The van der Waals surface area contributed by atoms with Crippen LogP contribution >= 0.6 is 11.3 Å². The molecule has 108 valence electrons. The first-order valence-corrected chi connectivity index (χ1v) is 8.13. The number of para-hydroxylation sites is 1. The fraction of sp³-hybridized carbons (Fsp3) is 0.438. The molecule has 1 aromatic carbocycles. The lowest BCUT2D eigenvalue weighted by Gasteiger charge is -2.23. The molecule has 1 heterocycles. The highest BCUT2D eigenvalue weighted by atomic mass is 32.1. The summed E-state index contributed by atoms with van der Waals surface area (Å²) in [5.74, 6) is 0. The van der Waals surface area contributed by atoms with E-state index >= 15 is 0 Å². The third kappa shape index (κ3) is 4.23. The molecule has 0 bridgehead atoms. The van der Waals surface area contributed by atoms with Crippen molar-refractivity contribution in [2.45, 2.75) is 33.2 Å². The first-order valence-electron chi connectivity index (χ1n) is 7.32. The van der Waals surface area contributed by atoms with Gasteiger partial charge in [0.05, 0.1) is 6.54 Å². The molecule has 3 nitrogen and oxygen atoms in total. The van der Waals surface area contributed by atoms with Crippen LogP contribution in [0.25, 0.3) is 0 Å². The highest BCUT2D eigenvalue weighted by Gasteiger charge is 2.09. The van der Waals surface area contributed by atoms with E-state index in [4.69, 9.17) is 0 Å². The molecule has 2 rings (SSSR count). The summed E-state index contributed by atoms with van der Waals surface area (Å²) in [6.45, 7) is 7.28. The second-order valence-corrected chi connectivity index (χ2v) is 5.89. The summed E-state index contributed by atoms with van der Waals surface area (Å²) in [7, 11) is 0. The predicted octanol–water partition coefficient (Wildman–Crippen LogP) is 4.38. The van der Waals surface area contributed by atoms with Crippen LogP contribution in [0, 0.1) is 0 Å². The molecule has 2 aromatic rings. The molecule has 0 fully saturated rings. The van der Waals surface area contributed by atoms with E-state index in [9.17, 15) is 0 Å². The number of nitrogens with zero attached hydrogens (tertiary/aromatic N) is 2. The summed E-state index contributed by atoms with van der Waals surface area (Å²) in [5, 5.41) is 4.29. The lowest BCUT2D eigenvalue weighted by Crippen LogP contribution is -2.23. The summed E-state index contributed by atoms with van der Waals surface area (Å²) in [6.07, 6.45) is 4.42. The Hall–Kier alpha value is -1.55. The number of aromatic nitrogens is 1. The third-order valence-corrected chi connectivity index (χ3v) is 4.07. The molecule has 0 amide bonds. The van der Waals surface area contributed by atoms with E-state index in [1.54, 1.807) is 11.3 Å². The minimum Gasteiger partial charge on any atom is -0.366 e. The van der Waals surface area contributed by atoms with Crippen LogP contribution in [0.2, 0.25) is 0 Å². The van der Waals surface area contributed by atoms with Crippen LogP contribution in [0.15, 0.2) is 36.5 Å². The SMILES string of the molecule is CCCCN(Cc1cnc(NCC)s1)c1ccccc1. The number of benzene rings is 1. The monoisotopic (exact) mass is 289 g/mol. The van der Waals surface area contributed by atoms with Gasteiger partial charge >= 0.3 is 0 Å². The van der Waals surface area contributed by atoms with Gasteiger partial charge in [-0.2, -0.15) is 0 Å². The molecule has 0 aliphatic carbocycles. The molecule has 0 unspecified atom stereocenters. The van der Waals surface area contributed by atoms with Gasteiger partial charge in [-0.3, -0.25) is 0 Å². The number of nitrogens with one attached hydrogen (secondary N) is 1. The molecule has 0 saturated carbocycles. The van der Waals surface area contributed by atoms with E-state index in [0.29, 0.717) is 0 Å². The molecule has 20 heavy (non-hydrogen) atoms. The van der Waals surface area contributed by atoms with E-state index in [2.05, 4.69) is 59.4 Å². The molecule has 0 radical (unpaired) electrons. The number of hydrogen-bond acceptors (Lipinski definition) is 4. The molecular formula is C16H23N3S. The van der Waals surface area contributed by atoms with Crippen molar-refractivity contribution in [2.75, 3.05) is 23.3 Å². The molecule has 0 atom stereocenters. The quantitative estimate of drug-likeness (QED) is 0.781. The smallest absolute Gasteiger partial charge is 0.182 e. The minimum atomic E-state index is 0.922. The molecule has 1 N–H and O–H groups in total. The Morgan fingerprint density at radius 1 is 1.20 bits per heavy atom. The van der Waals surface area contributed by atoms with Gasteiger partial charge < -0.3 is 10.2 Å². The van der Waals surface area contributed by atoms with Crippen LogP contribution < -0.4 is 10.2 Å². The summed E-state index contributed by atoms with van der Waals surface area (Å²) >= 11 is 1.75. The largest absolute Gasteiger partial charge is 0.366 e. The summed E-state index contributed by atoms with van der Waals surface area (Å²) in [6, 6.07) is 10.6. The highest BCUT2D eigenvalue weighted by Crippen LogP contribution is 2.23. The Kier molecular flexibility index (Phi) is 5.87. The predicted molar refractivity (Wildman–Crippen MR) is 88.7 cm³/mol. The number of thiazole rings is 1. The Morgan fingerprint density at radius 2 is 2.00 bits per heavy atom. The average molecular weight is 289 g/mol. The first-order chi connectivity index (χ1) is 9.83. The van der Waals surface area contributed by atoms with Crippen molar-refractivity contribution in [2.24, 2.45) is 0 Å². The fourth-order valence-corrected chi connectivity index (χ4v) is 2.98. The van der Waals surface area contributed by atoms with E-state index in [1.165, 1.54) is 23.4 Å². The summed E-state index contributed by atoms with van der Waals surface area (Å²) in [5.41, 5.74) is 1.29. The van der Waals surface area contributed by atoms with Gasteiger partial charge in [0, 0.05) is 29.9 Å². The number of unbranched alkanes of at least 4 members (excludes halogenated alkanes) is 1. The van der Waals surface area contributed by atoms with Crippen LogP contribution in [0.3, 0.4) is 0 Å². The van der Waals surface area contributed by atoms with E-state index in [1.807, 2.05) is 6.20 Å². The molecule has 0 aliphatic rings. The van der Waals surface area contributed by atoms with Crippen LogP contribution in [0.1, 0.15) is 31.6 Å². The zero-order valence-corrected chi connectivity index (χ0v) is 13.1. The van der Waals surface area contributed by atoms with Gasteiger partial charge in [0.25, 0.3) is 0 Å². The molecule has 1 aromatic heterocycles. The zero-order chi connectivity index (χ0) is 14.2. The molecule has 0 spiro atoms. The van der Waals surface area contributed by atoms with Crippen molar-refractivity contribution in [3.63, 3.8) is 0 Å². The van der Waals surface area contributed by atoms with E-state index in [0.717, 1.165) is 24.8 Å². The second-order valence-electron chi connectivity index (χ2n) is 4.77. The van der Waals surface area contributed by atoms with Crippen LogP contribution in [-0.4, -0.2) is 18.1 Å². The van der Waals surface area contributed by atoms with Gasteiger partial charge in [-0.05, 0) is 25.5 Å². The maximum atomic E-state index is 4.41. The molecular weight excluding hydrogens is 266 g/mol. The Bertz CT molecular complexity index is 495. The van der Waals surface area contributed by atoms with E-state index in [-0.39, 0.29) is 0 Å². The lowest BCUT2D eigenvalue weighted by molar-refractivity contribution is 0.719. The van der Waals surface area contributed by atoms with Crippen LogP contribution in [0.5, 0.6) is 0 Å². The Labute approximate surface area is 125 Å². The molecule has 0 aliphatic heterocycles. The minimum absolute atomic E-state index is 0.922. The number of rotatable bonds is 8. The van der Waals surface area contributed by atoms with Crippen molar-refractivity contribution in [1.29, 1.82) is 0 Å². The van der Waals surface area contributed by atoms with E-state index < -0.39 is 0 Å². The van der Waals surface area contributed by atoms with Gasteiger partial charge in [0.15, 0.2) is 5.13 Å². The third-order valence-electron chi connectivity index (χ3n) is 3.13. The maximum Gasteiger partial charge on any atom is 0.182 e. The standard InChI is InChI=1S/C16H23N3S/c1-3-5-11-19(14-9-7-6-8-10-14)13-15-12-18-16(20-15)17-4-2/h6-10,12H,3-5,11,13H2,1-2H3,(H,17,18). The van der Waals surface area contributed by atoms with Crippen LogP contribution in [-0.2, 0) is 6.54 Å². The zero-order valence-electron chi connectivity index (χ0n) is 12.3. The number of anilines is 2. The maximum absolute atomic E-state index is 4.41. The average Bonchev–Trinajstić information content (AvgIpc) is 2.92. The second kappa shape index (κ2) is 7.90. The van der Waals surface area contributed by atoms with Crippen molar-refractivity contribution in [1.82, 2.24) is 4.98 Å². The van der Waals surface area contributed by atoms with Crippen LogP contribution in [0.4, 0.5) is 10.8 Å². The van der Waals surface area contributed by atoms with Crippen molar-refractivity contribution in [3.05, 3.63) is 41.4 Å². The topological polar surface area (TPSA) is 28.2 Å². The lowest BCUT2D eigenvalue weighted by atomic mass is 10.2. The molecule has 0 saturated heterocycles. The van der Waals surface area contributed by atoms with Crippen molar-refractivity contribution in [3.8, 4) is 0 Å². The Morgan fingerprint density at radius 3 is 2.70 bits per heavy atom. The van der Waals surface area contributed by atoms with Gasteiger partial charge in [0.2, 0.25) is 0 Å². The fourth-order valence-electron chi connectivity index (χ4n) is 2.09. The number of hydrogen-bond donors (Lipinski definition) is 1. The normalized spacial score (nSPS) is 10.5. The highest BCUT2D eigenvalue weighted by molar-refractivity contribution is 7.15. The van der Waals surface area contributed by atoms with Gasteiger partial charge in [-0.15, -0.1) is 11.3 Å². The van der Waals surface area contributed by atoms with Gasteiger partial charge in [-0.1, -0.05) is 31.5 Å². The molecule has 4 heteroatoms.